The maximum atomic E-state index is 13.2. The lowest BCUT2D eigenvalue weighted by Crippen LogP contribution is -2.39. The van der Waals surface area contributed by atoms with Gasteiger partial charge in [0.25, 0.3) is 0 Å². The number of carboxylic acid groups (broad SMARTS) is 1. The smallest absolute Gasteiger partial charge is 0.417 e. The van der Waals surface area contributed by atoms with Crippen LogP contribution in [-0.2, 0) is 9.53 Å². The molecule has 0 radical (unpaired) electrons. The molecule has 176 valence electrons. The van der Waals surface area contributed by atoms with Crippen molar-refractivity contribution in [1.82, 2.24) is 4.90 Å². The monoisotopic (exact) mass is 480 g/mol. The summed E-state index contributed by atoms with van der Waals surface area (Å²) in [6.07, 6.45) is 3.26. The summed E-state index contributed by atoms with van der Waals surface area (Å²) in [5, 5.41) is 19.1. The molecule has 0 aliphatic carbocycles. The Morgan fingerprint density at radius 3 is 2.47 bits per heavy atom. The Morgan fingerprint density at radius 1 is 1.19 bits per heavy atom. The number of unbranched alkanes of at least 4 members (excludes halogenated alkanes) is 2. The van der Waals surface area contributed by atoms with E-state index in [-0.39, 0.29) is 12.2 Å². The number of thioether (sulfide) groups is 2. The van der Waals surface area contributed by atoms with Gasteiger partial charge in [0, 0.05) is 17.2 Å². The predicted molar refractivity (Wildman–Crippen MR) is 130 cm³/mol. The third kappa shape index (κ3) is 6.76. The Morgan fingerprint density at radius 2 is 1.88 bits per heavy atom. The summed E-state index contributed by atoms with van der Waals surface area (Å²) in [5.74, 6) is 0.298. The average molecular weight is 481 g/mol. The highest BCUT2D eigenvalue weighted by molar-refractivity contribution is 8.13. The van der Waals surface area contributed by atoms with Crippen LogP contribution in [-0.4, -0.2) is 56.6 Å². The number of amides is 1. The van der Waals surface area contributed by atoms with Crippen LogP contribution in [0, 0.1) is 0 Å². The molecule has 1 aromatic carbocycles. The van der Waals surface area contributed by atoms with E-state index >= 15 is 0 Å². The van der Waals surface area contributed by atoms with E-state index in [9.17, 15) is 14.7 Å². The summed E-state index contributed by atoms with van der Waals surface area (Å²) in [6, 6.07) is 7.09. The molecule has 0 bridgehead atoms. The molecule has 1 heterocycles. The third-order valence-electron chi connectivity index (χ3n) is 4.70. The molecule has 7 nitrogen and oxygen atoms in total. The van der Waals surface area contributed by atoms with Gasteiger partial charge >= 0.3 is 12.1 Å². The number of aliphatic hydroxyl groups is 1. The standard InChI is InChI=1S/C23H32N2O5S2/c1-15-18(20(27)30-23(2,3)4)19(24-21(31-5)25(15)22(28)29)16-11-7-8-12-17(16)32-14-10-6-9-13-26/h7-8,11-12,19,26H,6,9-10,13-14H2,1-5H3,(H,28,29). The number of allylic oxidation sites excluding steroid dienone is 1. The van der Waals surface area contributed by atoms with E-state index in [4.69, 9.17) is 14.8 Å². The molecule has 0 aromatic heterocycles. The lowest BCUT2D eigenvalue weighted by atomic mass is 9.96. The number of benzene rings is 1. The Bertz CT molecular complexity index is 893. The van der Waals surface area contributed by atoms with Crippen molar-refractivity contribution in [2.45, 2.75) is 63.5 Å². The number of ether oxygens (including phenoxy) is 1. The molecule has 0 spiro atoms. The zero-order valence-electron chi connectivity index (χ0n) is 19.3. The number of amidine groups is 1. The van der Waals surface area contributed by atoms with Gasteiger partial charge in [0.1, 0.15) is 11.6 Å². The molecule has 32 heavy (non-hydrogen) atoms. The first kappa shape index (κ1) is 26.3. The number of hydrogen-bond donors (Lipinski definition) is 2. The SMILES string of the molecule is CSC1=NC(c2ccccc2SCCCCCO)C(C(=O)OC(C)(C)C)=C(C)N1C(=O)O. The number of aliphatic hydroxyl groups excluding tert-OH is 1. The minimum Gasteiger partial charge on any atom is -0.464 e. The molecule has 1 atom stereocenters. The number of rotatable bonds is 8. The summed E-state index contributed by atoms with van der Waals surface area (Å²) >= 11 is 2.90. The highest BCUT2D eigenvalue weighted by Gasteiger charge is 2.38. The highest BCUT2D eigenvalue weighted by Crippen LogP contribution is 2.41. The van der Waals surface area contributed by atoms with E-state index in [1.54, 1.807) is 45.7 Å². The minimum absolute atomic E-state index is 0.193. The molecule has 1 aromatic rings. The van der Waals surface area contributed by atoms with Gasteiger partial charge in [-0.2, -0.15) is 0 Å². The number of hydrogen-bond acceptors (Lipinski definition) is 7. The number of esters is 1. The number of carbonyl (C=O) groups is 2. The van der Waals surface area contributed by atoms with Gasteiger partial charge in [-0.3, -0.25) is 0 Å². The molecule has 1 unspecified atom stereocenters. The fraction of sp³-hybridized carbons (Fsp3) is 0.522. The summed E-state index contributed by atoms with van der Waals surface area (Å²) in [6.45, 7) is 7.15. The lowest BCUT2D eigenvalue weighted by molar-refractivity contribution is -0.150. The number of carbonyl (C=O) groups excluding carboxylic acids is 1. The summed E-state index contributed by atoms with van der Waals surface area (Å²) in [7, 11) is 0. The van der Waals surface area contributed by atoms with E-state index < -0.39 is 23.7 Å². The van der Waals surface area contributed by atoms with Crippen LogP contribution in [0.4, 0.5) is 4.79 Å². The molecular weight excluding hydrogens is 448 g/mol. The zero-order chi connectivity index (χ0) is 23.9. The normalized spacial score (nSPS) is 16.8. The van der Waals surface area contributed by atoms with Gasteiger partial charge < -0.3 is 14.9 Å². The highest BCUT2D eigenvalue weighted by atomic mass is 32.2. The summed E-state index contributed by atoms with van der Waals surface area (Å²) in [5.41, 5.74) is 0.650. The Hall–Kier alpha value is -1.97. The van der Waals surface area contributed by atoms with Crippen molar-refractivity contribution in [2.24, 2.45) is 4.99 Å². The van der Waals surface area contributed by atoms with Crippen LogP contribution in [0.5, 0.6) is 0 Å². The van der Waals surface area contributed by atoms with E-state index in [0.717, 1.165) is 40.4 Å². The molecule has 0 saturated heterocycles. The van der Waals surface area contributed by atoms with Crippen LogP contribution in [0.2, 0.25) is 0 Å². The van der Waals surface area contributed by atoms with E-state index in [1.807, 2.05) is 24.3 Å². The number of nitrogens with zero attached hydrogens (tertiary/aromatic N) is 2. The van der Waals surface area contributed by atoms with Crippen LogP contribution in [0.15, 0.2) is 45.4 Å². The van der Waals surface area contributed by atoms with Crippen LogP contribution < -0.4 is 0 Å². The molecule has 0 saturated carbocycles. The molecule has 9 heteroatoms. The Labute approximate surface area is 198 Å². The van der Waals surface area contributed by atoms with E-state index in [2.05, 4.69) is 0 Å². The van der Waals surface area contributed by atoms with Gasteiger partial charge in [-0.05, 0) is 64.2 Å². The van der Waals surface area contributed by atoms with Crippen molar-refractivity contribution < 1.29 is 24.5 Å². The maximum Gasteiger partial charge on any atom is 0.417 e. The van der Waals surface area contributed by atoms with Gasteiger partial charge in [-0.25, -0.2) is 19.5 Å². The second kappa shape index (κ2) is 11.8. The minimum atomic E-state index is -1.19. The summed E-state index contributed by atoms with van der Waals surface area (Å²) in [4.78, 5) is 31.9. The lowest BCUT2D eigenvalue weighted by Gasteiger charge is -2.33. The molecule has 1 aliphatic rings. The molecule has 1 aliphatic heterocycles. The second-order valence-corrected chi connectivity index (χ2v) is 10.2. The molecule has 1 amide bonds. The molecule has 2 rings (SSSR count). The zero-order valence-corrected chi connectivity index (χ0v) is 20.9. The van der Waals surface area contributed by atoms with Gasteiger partial charge in [-0.1, -0.05) is 36.4 Å². The van der Waals surface area contributed by atoms with Crippen LogP contribution in [0.25, 0.3) is 0 Å². The first-order valence-electron chi connectivity index (χ1n) is 10.5. The summed E-state index contributed by atoms with van der Waals surface area (Å²) < 4.78 is 5.64. The van der Waals surface area contributed by atoms with Crippen molar-refractivity contribution in [3.63, 3.8) is 0 Å². The Balaban J connectivity index is 2.50. The van der Waals surface area contributed by atoms with Crippen LogP contribution in [0.3, 0.4) is 0 Å². The van der Waals surface area contributed by atoms with E-state index in [0.29, 0.717) is 10.9 Å². The van der Waals surface area contributed by atoms with Crippen molar-refractivity contribution in [2.75, 3.05) is 18.6 Å². The van der Waals surface area contributed by atoms with Crippen molar-refractivity contribution in [3.05, 3.63) is 41.1 Å². The molecule has 2 N–H and O–H groups in total. The van der Waals surface area contributed by atoms with Gasteiger partial charge in [0.15, 0.2) is 5.17 Å². The second-order valence-electron chi connectivity index (χ2n) is 8.31. The first-order valence-corrected chi connectivity index (χ1v) is 12.7. The number of aliphatic imine (C=N–C) groups is 1. The molecule has 0 fully saturated rings. The third-order valence-corrected chi connectivity index (χ3v) is 6.52. The van der Waals surface area contributed by atoms with Crippen molar-refractivity contribution in [3.8, 4) is 0 Å². The molecular formula is C23H32N2O5S2. The van der Waals surface area contributed by atoms with Gasteiger partial charge in [0.05, 0.1) is 5.57 Å². The van der Waals surface area contributed by atoms with Crippen molar-refractivity contribution in [1.29, 1.82) is 0 Å². The van der Waals surface area contributed by atoms with Crippen molar-refractivity contribution >= 4 is 40.8 Å². The fourth-order valence-corrected chi connectivity index (χ4v) is 4.99. The first-order chi connectivity index (χ1) is 15.1. The fourth-order valence-electron chi connectivity index (χ4n) is 3.29. The quantitative estimate of drug-likeness (QED) is 0.295. The van der Waals surface area contributed by atoms with Gasteiger partial charge in [-0.15, -0.1) is 11.8 Å². The van der Waals surface area contributed by atoms with Crippen LogP contribution in [0.1, 0.15) is 58.6 Å². The average Bonchev–Trinajstić information content (AvgIpc) is 2.71. The van der Waals surface area contributed by atoms with Crippen LogP contribution >= 0.6 is 23.5 Å². The predicted octanol–water partition coefficient (Wildman–Crippen LogP) is 5.31. The largest absolute Gasteiger partial charge is 0.464 e. The van der Waals surface area contributed by atoms with Gasteiger partial charge in [0.2, 0.25) is 0 Å². The Kier molecular flexibility index (Phi) is 9.66. The topological polar surface area (TPSA) is 99.4 Å². The van der Waals surface area contributed by atoms with E-state index in [1.165, 1.54) is 11.8 Å². The maximum absolute atomic E-state index is 13.2.